The summed E-state index contributed by atoms with van der Waals surface area (Å²) < 4.78 is 5.44. The summed E-state index contributed by atoms with van der Waals surface area (Å²) in [5.41, 5.74) is 1.62. The van der Waals surface area contributed by atoms with Crippen molar-refractivity contribution in [2.75, 3.05) is 19.7 Å². The second kappa shape index (κ2) is 5.83. The van der Waals surface area contributed by atoms with Crippen molar-refractivity contribution < 1.29 is 9.84 Å². The number of aromatic hydroxyl groups is 1. The van der Waals surface area contributed by atoms with E-state index < -0.39 is 0 Å². The molecule has 0 amide bonds. The van der Waals surface area contributed by atoms with Crippen molar-refractivity contribution in [3.05, 3.63) is 23.8 Å². The van der Waals surface area contributed by atoms with Gasteiger partial charge in [0.15, 0.2) is 11.5 Å². The van der Waals surface area contributed by atoms with Gasteiger partial charge in [-0.05, 0) is 49.4 Å². The zero-order valence-electron chi connectivity index (χ0n) is 12.3. The number of phenolic OH excluding ortho intramolecular Hbond substituents is 1. The summed E-state index contributed by atoms with van der Waals surface area (Å²) in [6.07, 6.45) is 2.58. The van der Waals surface area contributed by atoms with Crippen molar-refractivity contribution in [3.63, 3.8) is 0 Å². The Morgan fingerprint density at radius 2 is 2.16 bits per heavy atom. The molecular weight excluding hydrogens is 238 g/mol. The summed E-state index contributed by atoms with van der Waals surface area (Å²) in [4.78, 5) is 2.49. The minimum atomic E-state index is 0.226. The van der Waals surface area contributed by atoms with Crippen LogP contribution in [0.1, 0.15) is 39.2 Å². The third-order valence-corrected chi connectivity index (χ3v) is 3.71. The molecule has 0 radical (unpaired) electrons. The summed E-state index contributed by atoms with van der Waals surface area (Å²) >= 11 is 0. The van der Waals surface area contributed by atoms with Gasteiger partial charge in [0.2, 0.25) is 0 Å². The molecule has 1 aliphatic heterocycles. The maximum absolute atomic E-state index is 9.72. The molecule has 2 rings (SSSR count). The molecule has 19 heavy (non-hydrogen) atoms. The van der Waals surface area contributed by atoms with Crippen LogP contribution in [-0.2, 0) is 6.54 Å². The van der Waals surface area contributed by atoms with E-state index >= 15 is 0 Å². The largest absolute Gasteiger partial charge is 0.504 e. The summed E-state index contributed by atoms with van der Waals surface area (Å²) in [6, 6.07) is 5.68. The fraction of sp³-hybridized carbons (Fsp3) is 0.625. The molecule has 3 nitrogen and oxygen atoms in total. The molecule has 1 saturated heterocycles. The molecule has 3 heteroatoms. The van der Waals surface area contributed by atoms with Crippen molar-refractivity contribution >= 4 is 0 Å². The van der Waals surface area contributed by atoms with Crippen molar-refractivity contribution in [1.82, 2.24) is 4.90 Å². The predicted molar refractivity (Wildman–Crippen MR) is 77.6 cm³/mol. The average molecular weight is 263 g/mol. The smallest absolute Gasteiger partial charge is 0.161 e. The highest BCUT2D eigenvalue weighted by molar-refractivity contribution is 5.41. The van der Waals surface area contributed by atoms with Gasteiger partial charge in [0.05, 0.1) is 6.61 Å². The number of hydrogen-bond donors (Lipinski definition) is 1. The Labute approximate surface area is 116 Å². The first kappa shape index (κ1) is 14.2. The predicted octanol–water partition coefficient (Wildman–Crippen LogP) is 3.41. The topological polar surface area (TPSA) is 32.7 Å². The lowest BCUT2D eigenvalue weighted by atomic mass is 9.84. The molecule has 0 aromatic heterocycles. The van der Waals surface area contributed by atoms with Gasteiger partial charge in [0.25, 0.3) is 0 Å². The second-order valence-corrected chi connectivity index (χ2v) is 6.21. The number of rotatable bonds is 4. The monoisotopic (exact) mass is 263 g/mol. The zero-order chi connectivity index (χ0) is 13.9. The number of piperidine rings is 1. The molecule has 1 heterocycles. The van der Waals surface area contributed by atoms with E-state index in [4.69, 9.17) is 4.74 Å². The van der Waals surface area contributed by atoms with Crippen LogP contribution in [0.15, 0.2) is 18.2 Å². The van der Waals surface area contributed by atoms with Gasteiger partial charge < -0.3 is 9.84 Å². The van der Waals surface area contributed by atoms with E-state index in [1.54, 1.807) is 6.07 Å². The van der Waals surface area contributed by atoms with Crippen LogP contribution in [-0.4, -0.2) is 29.7 Å². The van der Waals surface area contributed by atoms with Crippen LogP contribution in [0.3, 0.4) is 0 Å². The molecular formula is C16H25NO2. The normalized spacial score (nSPS) is 19.3. The SMILES string of the molecule is CCOc1cc(CN2CCCC(C)(C)C2)ccc1O. The fourth-order valence-electron chi connectivity index (χ4n) is 2.87. The Kier molecular flexibility index (Phi) is 4.35. The zero-order valence-corrected chi connectivity index (χ0v) is 12.3. The molecule has 0 aliphatic carbocycles. The van der Waals surface area contributed by atoms with Gasteiger partial charge >= 0.3 is 0 Å². The number of nitrogens with zero attached hydrogens (tertiary/aromatic N) is 1. The molecule has 0 bridgehead atoms. The molecule has 0 saturated carbocycles. The first-order valence-corrected chi connectivity index (χ1v) is 7.17. The van der Waals surface area contributed by atoms with Crippen LogP contribution < -0.4 is 4.74 Å². The van der Waals surface area contributed by atoms with Gasteiger partial charge in [-0.25, -0.2) is 0 Å². The van der Waals surface area contributed by atoms with Crippen molar-refractivity contribution in [2.24, 2.45) is 5.41 Å². The number of benzene rings is 1. The Hall–Kier alpha value is -1.22. The molecule has 0 atom stereocenters. The van der Waals surface area contributed by atoms with Gasteiger partial charge in [-0.1, -0.05) is 19.9 Å². The van der Waals surface area contributed by atoms with E-state index in [2.05, 4.69) is 18.7 Å². The highest BCUT2D eigenvalue weighted by Crippen LogP contribution is 2.31. The number of likely N-dealkylation sites (tertiary alicyclic amines) is 1. The Balaban J connectivity index is 2.04. The number of phenols is 1. The maximum Gasteiger partial charge on any atom is 0.161 e. The van der Waals surface area contributed by atoms with Gasteiger partial charge in [-0.15, -0.1) is 0 Å². The Bertz CT molecular complexity index is 429. The van der Waals surface area contributed by atoms with Crippen LogP contribution in [0, 0.1) is 5.41 Å². The first-order valence-electron chi connectivity index (χ1n) is 7.17. The summed E-state index contributed by atoms with van der Waals surface area (Å²) in [6.45, 7) is 10.4. The number of ether oxygens (including phenoxy) is 1. The maximum atomic E-state index is 9.72. The fourth-order valence-corrected chi connectivity index (χ4v) is 2.87. The minimum absolute atomic E-state index is 0.226. The van der Waals surface area contributed by atoms with Crippen LogP contribution in [0.5, 0.6) is 11.5 Å². The molecule has 0 unspecified atom stereocenters. The summed E-state index contributed by atoms with van der Waals surface area (Å²) in [5, 5.41) is 9.72. The summed E-state index contributed by atoms with van der Waals surface area (Å²) in [7, 11) is 0. The lowest BCUT2D eigenvalue weighted by Gasteiger charge is -2.38. The highest BCUT2D eigenvalue weighted by Gasteiger charge is 2.26. The van der Waals surface area contributed by atoms with Gasteiger partial charge in [0.1, 0.15) is 0 Å². The van der Waals surface area contributed by atoms with Crippen molar-refractivity contribution in [3.8, 4) is 11.5 Å². The second-order valence-electron chi connectivity index (χ2n) is 6.21. The lowest BCUT2D eigenvalue weighted by Crippen LogP contribution is -2.39. The highest BCUT2D eigenvalue weighted by atomic mass is 16.5. The van der Waals surface area contributed by atoms with E-state index in [0.29, 0.717) is 17.8 Å². The van der Waals surface area contributed by atoms with Gasteiger partial charge in [0, 0.05) is 13.1 Å². The lowest BCUT2D eigenvalue weighted by molar-refractivity contribution is 0.111. The molecule has 1 fully saturated rings. The van der Waals surface area contributed by atoms with Crippen molar-refractivity contribution in [2.45, 2.75) is 40.2 Å². The standard InChI is InChI=1S/C16H25NO2/c1-4-19-15-10-13(6-7-14(15)18)11-17-9-5-8-16(2,3)12-17/h6-7,10,18H,4-5,8-9,11-12H2,1-3H3. The van der Waals surface area contributed by atoms with Gasteiger partial charge in [-0.3, -0.25) is 4.90 Å². The molecule has 1 aromatic carbocycles. The quantitative estimate of drug-likeness (QED) is 0.903. The van der Waals surface area contributed by atoms with Crippen LogP contribution >= 0.6 is 0 Å². The molecule has 1 N–H and O–H groups in total. The Morgan fingerprint density at radius 1 is 1.37 bits per heavy atom. The average Bonchev–Trinajstić information content (AvgIpc) is 2.32. The van der Waals surface area contributed by atoms with E-state index in [9.17, 15) is 5.11 Å². The van der Waals surface area contributed by atoms with Gasteiger partial charge in [-0.2, -0.15) is 0 Å². The molecule has 0 spiro atoms. The van der Waals surface area contributed by atoms with E-state index in [1.807, 2.05) is 19.1 Å². The van der Waals surface area contributed by atoms with E-state index in [-0.39, 0.29) is 5.75 Å². The third kappa shape index (κ3) is 3.87. The number of hydrogen-bond acceptors (Lipinski definition) is 3. The van der Waals surface area contributed by atoms with E-state index in [1.165, 1.54) is 18.4 Å². The van der Waals surface area contributed by atoms with Crippen LogP contribution in [0.4, 0.5) is 0 Å². The van der Waals surface area contributed by atoms with Crippen LogP contribution in [0.25, 0.3) is 0 Å². The third-order valence-electron chi connectivity index (χ3n) is 3.71. The molecule has 1 aromatic rings. The van der Waals surface area contributed by atoms with Crippen molar-refractivity contribution in [1.29, 1.82) is 0 Å². The molecule has 106 valence electrons. The first-order chi connectivity index (χ1) is 9.00. The van der Waals surface area contributed by atoms with E-state index in [0.717, 1.165) is 19.6 Å². The Morgan fingerprint density at radius 3 is 2.84 bits per heavy atom. The summed E-state index contributed by atoms with van der Waals surface area (Å²) in [5.74, 6) is 0.820. The molecule has 1 aliphatic rings. The van der Waals surface area contributed by atoms with Crippen LogP contribution in [0.2, 0.25) is 0 Å². The minimum Gasteiger partial charge on any atom is -0.504 e.